The molecule has 4 rings (SSSR count). The van der Waals surface area contributed by atoms with Crippen LogP contribution in [0.1, 0.15) is 37.7 Å². The summed E-state index contributed by atoms with van der Waals surface area (Å²) in [6.07, 6.45) is 5.06. The van der Waals surface area contributed by atoms with Crippen LogP contribution in [0.3, 0.4) is 0 Å². The standard InChI is InChI=1S/C25H37N5O4/c1-18-2-3-21(14-22(18)30-13-8-23(31)28-25(30)33)34-17-24(32)27-15-19-6-11-29(12-7-19)16-20-4-9-26-10-5-20/h2-3,14,19-20,26H,4-13,15-17H2,1H3,(H,27,32)(H,28,31,33). The maximum atomic E-state index is 12.4. The average molecular weight is 472 g/mol. The Morgan fingerprint density at radius 2 is 1.85 bits per heavy atom. The third-order valence-corrected chi connectivity index (χ3v) is 7.17. The van der Waals surface area contributed by atoms with Gasteiger partial charge in [0.15, 0.2) is 6.61 Å². The quantitative estimate of drug-likeness (QED) is 0.533. The molecule has 3 aliphatic rings. The Morgan fingerprint density at radius 3 is 2.59 bits per heavy atom. The molecule has 3 saturated heterocycles. The third-order valence-electron chi connectivity index (χ3n) is 7.17. The number of ether oxygens (including phenoxy) is 1. The van der Waals surface area contributed by atoms with E-state index in [1.807, 2.05) is 13.0 Å². The smallest absolute Gasteiger partial charge is 0.328 e. The minimum Gasteiger partial charge on any atom is -0.484 e. The van der Waals surface area contributed by atoms with E-state index in [4.69, 9.17) is 4.74 Å². The van der Waals surface area contributed by atoms with Gasteiger partial charge >= 0.3 is 6.03 Å². The fraction of sp³-hybridized carbons (Fsp3) is 0.640. The Hall–Kier alpha value is -2.65. The van der Waals surface area contributed by atoms with E-state index in [9.17, 15) is 14.4 Å². The van der Waals surface area contributed by atoms with Crippen molar-refractivity contribution in [1.29, 1.82) is 0 Å². The molecule has 1 aromatic rings. The molecule has 9 heteroatoms. The first-order chi connectivity index (χ1) is 16.5. The van der Waals surface area contributed by atoms with Gasteiger partial charge in [0.2, 0.25) is 5.91 Å². The van der Waals surface area contributed by atoms with Gasteiger partial charge in [-0.2, -0.15) is 0 Å². The van der Waals surface area contributed by atoms with Crippen LogP contribution in [0.25, 0.3) is 0 Å². The van der Waals surface area contributed by atoms with Gasteiger partial charge < -0.3 is 20.3 Å². The summed E-state index contributed by atoms with van der Waals surface area (Å²) in [5.41, 5.74) is 1.58. The van der Waals surface area contributed by atoms with Crippen molar-refractivity contribution in [1.82, 2.24) is 20.9 Å². The lowest BCUT2D eigenvalue weighted by Gasteiger charge is -2.35. The Morgan fingerprint density at radius 1 is 1.09 bits per heavy atom. The third kappa shape index (κ3) is 6.70. The van der Waals surface area contributed by atoms with Crippen LogP contribution in [0.2, 0.25) is 0 Å². The number of nitrogens with one attached hydrogen (secondary N) is 3. The Bertz CT molecular complexity index is 878. The zero-order chi connectivity index (χ0) is 23.9. The van der Waals surface area contributed by atoms with E-state index in [0.29, 0.717) is 30.4 Å². The zero-order valence-electron chi connectivity index (χ0n) is 20.1. The molecule has 34 heavy (non-hydrogen) atoms. The van der Waals surface area contributed by atoms with E-state index in [2.05, 4.69) is 20.9 Å². The fourth-order valence-electron chi connectivity index (χ4n) is 5.02. The summed E-state index contributed by atoms with van der Waals surface area (Å²) in [5, 5.41) is 8.78. The van der Waals surface area contributed by atoms with Gasteiger partial charge in [0, 0.05) is 32.1 Å². The lowest BCUT2D eigenvalue weighted by atomic mass is 9.93. The predicted octanol–water partition coefficient (Wildman–Crippen LogP) is 1.65. The van der Waals surface area contributed by atoms with Crippen LogP contribution in [0.5, 0.6) is 5.75 Å². The van der Waals surface area contributed by atoms with Crippen LogP contribution in [0.15, 0.2) is 18.2 Å². The molecule has 3 aliphatic heterocycles. The van der Waals surface area contributed by atoms with Crippen molar-refractivity contribution in [3.8, 4) is 5.75 Å². The molecule has 0 unspecified atom stereocenters. The summed E-state index contributed by atoms with van der Waals surface area (Å²) < 4.78 is 5.70. The maximum Gasteiger partial charge on any atom is 0.328 e. The van der Waals surface area contributed by atoms with Crippen LogP contribution >= 0.6 is 0 Å². The lowest BCUT2D eigenvalue weighted by Crippen LogP contribution is -2.49. The van der Waals surface area contributed by atoms with Gasteiger partial charge in [0.05, 0.1) is 5.69 Å². The number of carbonyl (C=O) groups is 3. The molecule has 3 heterocycles. The lowest BCUT2D eigenvalue weighted by molar-refractivity contribution is -0.123. The molecule has 1 aromatic carbocycles. The van der Waals surface area contributed by atoms with Crippen molar-refractivity contribution in [3.63, 3.8) is 0 Å². The van der Waals surface area contributed by atoms with Gasteiger partial charge in [-0.25, -0.2) is 4.79 Å². The van der Waals surface area contributed by atoms with Crippen LogP contribution in [0.4, 0.5) is 10.5 Å². The Kier molecular flexibility index (Phi) is 8.39. The monoisotopic (exact) mass is 471 g/mol. The number of imide groups is 1. The largest absolute Gasteiger partial charge is 0.484 e. The van der Waals surface area contributed by atoms with E-state index >= 15 is 0 Å². The average Bonchev–Trinajstić information content (AvgIpc) is 2.84. The second-order valence-electron chi connectivity index (χ2n) is 9.73. The number of anilines is 1. The molecule has 9 nitrogen and oxygen atoms in total. The molecule has 3 N–H and O–H groups in total. The number of carbonyl (C=O) groups excluding carboxylic acids is 3. The molecule has 0 saturated carbocycles. The number of amides is 4. The number of likely N-dealkylation sites (tertiary alicyclic amines) is 1. The molecule has 0 radical (unpaired) electrons. The van der Waals surface area contributed by atoms with Crippen LogP contribution in [0, 0.1) is 18.8 Å². The van der Waals surface area contributed by atoms with Gasteiger partial charge in [-0.05, 0) is 82.3 Å². The molecular weight excluding hydrogens is 434 g/mol. The van der Waals surface area contributed by atoms with Gasteiger partial charge in [0.1, 0.15) is 5.75 Å². The van der Waals surface area contributed by atoms with Crippen LogP contribution in [-0.2, 0) is 9.59 Å². The molecule has 186 valence electrons. The highest BCUT2D eigenvalue weighted by molar-refractivity contribution is 6.06. The normalized spacial score (nSPS) is 20.8. The fourth-order valence-corrected chi connectivity index (χ4v) is 5.02. The first kappa shape index (κ1) is 24.5. The second kappa shape index (κ2) is 11.7. The molecule has 0 atom stereocenters. The summed E-state index contributed by atoms with van der Waals surface area (Å²) in [5.74, 6) is 1.45. The van der Waals surface area contributed by atoms with Crippen molar-refractivity contribution in [2.24, 2.45) is 11.8 Å². The van der Waals surface area contributed by atoms with Crippen molar-refractivity contribution < 1.29 is 19.1 Å². The first-order valence-electron chi connectivity index (χ1n) is 12.5. The summed E-state index contributed by atoms with van der Waals surface area (Å²) in [7, 11) is 0. The van der Waals surface area contributed by atoms with Crippen LogP contribution < -0.4 is 25.6 Å². The second-order valence-corrected chi connectivity index (χ2v) is 9.73. The Labute approximate surface area is 201 Å². The summed E-state index contributed by atoms with van der Waals surface area (Å²) in [6.45, 7) is 8.57. The number of piperidine rings is 2. The number of rotatable bonds is 8. The zero-order valence-corrected chi connectivity index (χ0v) is 20.1. The van der Waals surface area contributed by atoms with Crippen molar-refractivity contribution in [2.75, 3.05) is 57.3 Å². The van der Waals surface area contributed by atoms with Crippen molar-refractivity contribution in [3.05, 3.63) is 23.8 Å². The highest BCUT2D eigenvalue weighted by atomic mass is 16.5. The Balaban J connectivity index is 1.17. The maximum absolute atomic E-state index is 12.4. The molecule has 0 bridgehead atoms. The summed E-state index contributed by atoms with van der Waals surface area (Å²) in [6, 6.07) is 4.95. The van der Waals surface area contributed by atoms with Crippen LogP contribution in [-0.4, -0.2) is 75.2 Å². The molecule has 4 amide bonds. The molecule has 0 aromatic heterocycles. The minimum absolute atomic E-state index is 0.0677. The van der Waals surface area contributed by atoms with E-state index in [0.717, 1.165) is 50.5 Å². The van der Waals surface area contributed by atoms with E-state index < -0.39 is 6.03 Å². The molecule has 0 aliphatic carbocycles. The van der Waals surface area contributed by atoms with E-state index in [1.54, 1.807) is 12.1 Å². The topological polar surface area (TPSA) is 103 Å². The summed E-state index contributed by atoms with van der Waals surface area (Å²) in [4.78, 5) is 40.1. The van der Waals surface area contributed by atoms with Gasteiger partial charge in [-0.1, -0.05) is 6.07 Å². The van der Waals surface area contributed by atoms with E-state index in [1.165, 1.54) is 24.3 Å². The first-order valence-corrected chi connectivity index (χ1v) is 12.5. The van der Waals surface area contributed by atoms with Crippen molar-refractivity contribution >= 4 is 23.5 Å². The highest BCUT2D eigenvalue weighted by Crippen LogP contribution is 2.27. The molecule has 0 spiro atoms. The number of urea groups is 1. The van der Waals surface area contributed by atoms with E-state index in [-0.39, 0.29) is 24.8 Å². The number of hydrogen-bond acceptors (Lipinski definition) is 6. The number of aryl methyl sites for hydroxylation is 1. The molecule has 3 fully saturated rings. The predicted molar refractivity (Wildman–Crippen MR) is 130 cm³/mol. The molecular formula is C25H37N5O4. The number of hydrogen-bond donors (Lipinski definition) is 3. The minimum atomic E-state index is -0.434. The van der Waals surface area contributed by atoms with Gasteiger partial charge in [0.25, 0.3) is 5.91 Å². The van der Waals surface area contributed by atoms with Gasteiger partial charge in [-0.3, -0.25) is 19.8 Å². The number of benzene rings is 1. The SMILES string of the molecule is Cc1ccc(OCC(=O)NCC2CCN(CC3CCNCC3)CC2)cc1N1CCC(=O)NC1=O. The summed E-state index contributed by atoms with van der Waals surface area (Å²) >= 11 is 0. The number of nitrogens with zero attached hydrogens (tertiary/aromatic N) is 2. The van der Waals surface area contributed by atoms with Crippen molar-refractivity contribution in [2.45, 2.75) is 39.0 Å². The highest BCUT2D eigenvalue weighted by Gasteiger charge is 2.26. The van der Waals surface area contributed by atoms with Gasteiger partial charge in [-0.15, -0.1) is 0 Å².